The molecule has 23 heavy (non-hydrogen) atoms. The third-order valence-electron chi connectivity index (χ3n) is 3.54. The molecule has 1 fully saturated rings. The van der Waals surface area contributed by atoms with E-state index < -0.39 is 10.0 Å². The summed E-state index contributed by atoms with van der Waals surface area (Å²) in [5.74, 6) is -0.168. The summed E-state index contributed by atoms with van der Waals surface area (Å²) < 4.78 is 36.3. The van der Waals surface area contributed by atoms with Crippen LogP contribution in [-0.4, -0.2) is 65.2 Å². The summed E-state index contributed by atoms with van der Waals surface area (Å²) in [6.07, 6.45) is 0.632. The van der Waals surface area contributed by atoms with Gasteiger partial charge in [-0.05, 0) is 24.1 Å². The minimum atomic E-state index is -3.45. The fourth-order valence-corrected chi connectivity index (χ4v) is 3.70. The van der Waals surface area contributed by atoms with Gasteiger partial charge in [0.1, 0.15) is 6.61 Å². The topological polar surface area (TPSA) is 84.9 Å². The van der Waals surface area contributed by atoms with Gasteiger partial charge in [0, 0.05) is 26.7 Å². The first-order valence-electron chi connectivity index (χ1n) is 7.46. The number of amides is 1. The number of morpholine rings is 1. The lowest BCUT2D eigenvalue weighted by atomic mass is 10.1. The number of nitrogens with one attached hydrogen (secondary N) is 1. The molecule has 0 saturated carbocycles. The molecule has 0 unspecified atom stereocenters. The number of hydrogen-bond donors (Lipinski definition) is 1. The van der Waals surface area contributed by atoms with Crippen LogP contribution >= 0.6 is 0 Å². The van der Waals surface area contributed by atoms with Gasteiger partial charge in [-0.25, -0.2) is 8.42 Å². The maximum Gasteiger partial charge on any atom is 0.245 e. The van der Waals surface area contributed by atoms with Crippen molar-refractivity contribution in [2.24, 2.45) is 0 Å². The lowest BCUT2D eigenvalue weighted by Crippen LogP contribution is -2.40. The first kappa shape index (κ1) is 17.9. The Hall–Kier alpha value is -1.48. The standard InChI is InChI=1S/C15H22N2O5S/c1-21-12-15(18)16-7-6-13-2-4-14(5-3-13)23(19,20)17-8-10-22-11-9-17/h2-5H,6-12H2,1H3,(H,16,18). The largest absolute Gasteiger partial charge is 0.379 e. The Bertz CT molecular complexity index is 609. The highest BCUT2D eigenvalue weighted by atomic mass is 32.2. The highest BCUT2D eigenvalue weighted by molar-refractivity contribution is 7.89. The van der Waals surface area contributed by atoms with E-state index in [9.17, 15) is 13.2 Å². The van der Waals surface area contributed by atoms with Crippen LogP contribution in [-0.2, 0) is 30.7 Å². The Labute approximate surface area is 136 Å². The Morgan fingerprint density at radius 2 is 1.91 bits per heavy atom. The van der Waals surface area contributed by atoms with Crippen molar-refractivity contribution in [3.63, 3.8) is 0 Å². The molecule has 128 valence electrons. The molecule has 8 heteroatoms. The molecule has 1 amide bonds. The van der Waals surface area contributed by atoms with Crippen LogP contribution in [0.15, 0.2) is 29.2 Å². The van der Waals surface area contributed by atoms with Gasteiger partial charge in [0.15, 0.2) is 0 Å². The second-order valence-corrected chi connectivity index (χ2v) is 7.13. The lowest BCUT2D eigenvalue weighted by molar-refractivity contribution is -0.124. The zero-order chi connectivity index (χ0) is 16.7. The van der Waals surface area contributed by atoms with Crippen LogP contribution < -0.4 is 5.32 Å². The Kier molecular flexibility index (Phi) is 6.52. The minimum absolute atomic E-state index is 0.0384. The molecule has 0 spiro atoms. The van der Waals surface area contributed by atoms with Gasteiger partial charge in [-0.15, -0.1) is 0 Å². The number of hydrogen-bond acceptors (Lipinski definition) is 5. The third kappa shape index (κ3) is 5.00. The maximum absolute atomic E-state index is 12.5. The van der Waals surface area contributed by atoms with E-state index >= 15 is 0 Å². The number of benzene rings is 1. The Morgan fingerprint density at radius 3 is 2.52 bits per heavy atom. The highest BCUT2D eigenvalue weighted by Gasteiger charge is 2.25. The van der Waals surface area contributed by atoms with Crippen LogP contribution in [0.5, 0.6) is 0 Å². The molecule has 0 aromatic heterocycles. The van der Waals surface area contributed by atoms with Gasteiger partial charge < -0.3 is 14.8 Å². The molecule has 0 radical (unpaired) electrons. The molecule has 1 N–H and O–H groups in total. The Balaban J connectivity index is 1.92. The fraction of sp³-hybridized carbons (Fsp3) is 0.533. The predicted molar refractivity (Wildman–Crippen MR) is 84.6 cm³/mol. The van der Waals surface area contributed by atoms with Crippen molar-refractivity contribution >= 4 is 15.9 Å². The molecule has 7 nitrogen and oxygen atoms in total. The molecular formula is C15H22N2O5S. The molecule has 1 aliphatic rings. The smallest absolute Gasteiger partial charge is 0.245 e. The first-order valence-corrected chi connectivity index (χ1v) is 8.90. The van der Waals surface area contributed by atoms with E-state index in [-0.39, 0.29) is 17.4 Å². The molecule has 0 bridgehead atoms. The highest BCUT2D eigenvalue weighted by Crippen LogP contribution is 2.17. The van der Waals surface area contributed by atoms with Crippen LogP contribution in [0.4, 0.5) is 0 Å². The van der Waals surface area contributed by atoms with E-state index in [1.807, 2.05) is 0 Å². The summed E-state index contributed by atoms with van der Waals surface area (Å²) in [5, 5.41) is 2.72. The summed E-state index contributed by atoms with van der Waals surface area (Å²) in [6, 6.07) is 6.76. The SMILES string of the molecule is COCC(=O)NCCc1ccc(S(=O)(=O)N2CCOCC2)cc1. The van der Waals surface area contributed by atoms with Crippen molar-refractivity contribution in [1.82, 2.24) is 9.62 Å². The van der Waals surface area contributed by atoms with Crippen LogP contribution in [0, 0.1) is 0 Å². The molecule has 2 rings (SSSR count). The van der Waals surface area contributed by atoms with Crippen LogP contribution in [0.1, 0.15) is 5.56 Å². The number of carbonyl (C=O) groups excluding carboxylic acids is 1. The van der Waals surface area contributed by atoms with Gasteiger partial charge >= 0.3 is 0 Å². The molecule has 1 saturated heterocycles. The van der Waals surface area contributed by atoms with Crippen LogP contribution in [0.3, 0.4) is 0 Å². The van der Waals surface area contributed by atoms with Crippen molar-refractivity contribution in [2.45, 2.75) is 11.3 Å². The molecule has 0 atom stereocenters. The van der Waals surface area contributed by atoms with Crippen molar-refractivity contribution in [2.75, 3.05) is 46.6 Å². The number of sulfonamides is 1. The van der Waals surface area contributed by atoms with E-state index in [0.29, 0.717) is 39.3 Å². The van der Waals surface area contributed by atoms with Gasteiger partial charge in [-0.3, -0.25) is 4.79 Å². The average Bonchev–Trinajstić information content (AvgIpc) is 2.56. The van der Waals surface area contributed by atoms with E-state index in [0.717, 1.165) is 5.56 Å². The third-order valence-corrected chi connectivity index (χ3v) is 5.46. The van der Waals surface area contributed by atoms with Gasteiger partial charge in [0.05, 0.1) is 18.1 Å². The van der Waals surface area contributed by atoms with Gasteiger partial charge in [-0.1, -0.05) is 12.1 Å². The molecular weight excluding hydrogens is 320 g/mol. The number of ether oxygens (including phenoxy) is 2. The average molecular weight is 342 g/mol. The lowest BCUT2D eigenvalue weighted by Gasteiger charge is -2.26. The normalized spacial score (nSPS) is 16.2. The number of rotatable bonds is 7. The summed E-state index contributed by atoms with van der Waals surface area (Å²) in [6.45, 7) is 2.15. The second-order valence-electron chi connectivity index (χ2n) is 5.19. The first-order chi connectivity index (χ1) is 11.0. The second kappa shape index (κ2) is 8.39. The quantitative estimate of drug-likeness (QED) is 0.755. The molecule has 1 aromatic rings. The van der Waals surface area contributed by atoms with Gasteiger partial charge in [0.25, 0.3) is 0 Å². The minimum Gasteiger partial charge on any atom is -0.379 e. The zero-order valence-corrected chi connectivity index (χ0v) is 14.0. The molecule has 0 aliphatic carbocycles. The number of nitrogens with zero attached hydrogens (tertiary/aromatic N) is 1. The van der Waals surface area contributed by atoms with Crippen LogP contribution in [0.2, 0.25) is 0 Å². The summed E-state index contributed by atoms with van der Waals surface area (Å²) in [5.41, 5.74) is 0.962. The zero-order valence-electron chi connectivity index (χ0n) is 13.2. The summed E-state index contributed by atoms with van der Waals surface area (Å²) >= 11 is 0. The fourth-order valence-electron chi connectivity index (χ4n) is 2.29. The number of methoxy groups -OCH3 is 1. The maximum atomic E-state index is 12.5. The molecule has 1 heterocycles. The number of carbonyl (C=O) groups is 1. The summed E-state index contributed by atoms with van der Waals surface area (Å²) in [4.78, 5) is 11.5. The summed E-state index contributed by atoms with van der Waals surface area (Å²) in [7, 11) is -1.99. The van der Waals surface area contributed by atoms with Gasteiger partial charge in [0.2, 0.25) is 15.9 Å². The van der Waals surface area contributed by atoms with E-state index in [4.69, 9.17) is 9.47 Å². The monoisotopic (exact) mass is 342 g/mol. The van der Waals surface area contributed by atoms with E-state index in [1.54, 1.807) is 24.3 Å². The molecule has 1 aromatic carbocycles. The van der Waals surface area contributed by atoms with E-state index in [2.05, 4.69) is 5.32 Å². The van der Waals surface area contributed by atoms with Crippen LogP contribution in [0.25, 0.3) is 0 Å². The van der Waals surface area contributed by atoms with Crippen molar-refractivity contribution in [3.8, 4) is 0 Å². The predicted octanol–water partition coefficient (Wildman–Crippen LogP) is 0.0126. The van der Waals surface area contributed by atoms with E-state index in [1.165, 1.54) is 11.4 Å². The molecule has 1 aliphatic heterocycles. The van der Waals surface area contributed by atoms with Crippen molar-refractivity contribution < 1.29 is 22.7 Å². The Morgan fingerprint density at radius 1 is 1.26 bits per heavy atom. The van der Waals surface area contributed by atoms with Crippen molar-refractivity contribution in [3.05, 3.63) is 29.8 Å². The van der Waals surface area contributed by atoms with Crippen molar-refractivity contribution in [1.29, 1.82) is 0 Å². The van der Waals surface area contributed by atoms with Gasteiger partial charge in [-0.2, -0.15) is 4.31 Å².